The Kier molecular flexibility index (Phi) is 8.15. The largest absolute Gasteiger partial charge is 0.505 e. The summed E-state index contributed by atoms with van der Waals surface area (Å²) >= 11 is 6.16. The summed E-state index contributed by atoms with van der Waals surface area (Å²) in [6.07, 6.45) is 1.20. The van der Waals surface area contributed by atoms with Crippen LogP contribution in [0.1, 0.15) is 24.9 Å². The van der Waals surface area contributed by atoms with Crippen LogP contribution in [0, 0.1) is 0 Å². The minimum Gasteiger partial charge on any atom is -0.505 e. The van der Waals surface area contributed by atoms with Crippen LogP contribution in [0.25, 0.3) is 0 Å². The standard InChI is InChI=1S/C24H24ClN3O6/c1-3-33-21(30)14-18(26-24(32)27-22-19(29)11-12-28(2)23(22)31)15-7-6-8-16(13-15)34-20-10-5-4-9-17(20)25/h4-13,18,29H,3,14H2,1-2H3,(H2,26,27,32)/t18-/m0/s1. The van der Waals surface area contributed by atoms with Gasteiger partial charge in [-0.2, -0.15) is 0 Å². The second-order valence-electron chi connectivity index (χ2n) is 7.26. The first-order valence-corrected chi connectivity index (χ1v) is 10.8. The fraction of sp³-hybridized carbons (Fsp3) is 0.208. The van der Waals surface area contributed by atoms with E-state index in [0.717, 1.165) is 0 Å². The number of benzene rings is 2. The van der Waals surface area contributed by atoms with Gasteiger partial charge in [-0.25, -0.2) is 4.79 Å². The summed E-state index contributed by atoms with van der Waals surface area (Å²) in [4.78, 5) is 37.1. The molecule has 1 atom stereocenters. The molecule has 0 spiro atoms. The number of nitrogens with one attached hydrogen (secondary N) is 2. The van der Waals surface area contributed by atoms with Gasteiger partial charge in [0.15, 0.2) is 5.69 Å². The third-order valence-electron chi connectivity index (χ3n) is 4.79. The van der Waals surface area contributed by atoms with Gasteiger partial charge in [0.25, 0.3) is 5.56 Å². The van der Waals surface area contributed by atoms with Crippen LogP contribution in [-0.4, -0.2) is 28.3 Å². The van der Waals surface area contributed by atoms with Crippen molar-refractivity contribution in [3.8, 4) is 17.2 Å². The number of rotatable bonds is 8. The molecule has 9 nitrogen and oxygen atoms in total. The van der Waals surface area contributed by atoms with Crippen LogP contribution in [0.3, 0.4) is 0 Å². The number of esters is 1. The molecular weight excluding hydrogens is 462 g/mol. The van der Waals surface area contributed by atoms with Gasteiger partial charge in [-0.3, -0.25) is 9.59 Å². The average Bonchev–Trinajstić information content (AvgIpc) is 2.81. The normalized spacial score (nSPS) is 11.4. The van der Waals surface area contributed by atoms with E-state index in [1.165, 1.54) is 23.9 Å². The first kappa shape index (κ1) is 24.7. The molecule has 0 radical (unpaired) electrons. The molecule has 1 aromatic heterocycles. The quantitative estimate of drug-likeness (QED) is 0.408. The van der Waals surface area contributed by atoms with Gasteiger partial charge in [-0.1, -0.05) is 35.9 Å². The molecule has 178 valence electrons. The minimum absolute atomic E-state index is 0.171. The number of hydrogen-bond donors (Lipinski definition) is 3. The second kappa shape index (κ2) is 11.2. The number of aromatic hydroxyl groups is 1. The Morgan fingerprint density at radius 1 is 1.15 bits per heavy atom. The number of urea groups is 1. The van der Waals surface area contributed by atoms with Crippen LogP contribution < -0.4 is 20.9 Å². The van der Waals surface area contributed by atoms with Crippen molar-refractivity contribution in [1.29, 1.82) is 0 Å². The number of anilines is 1. The lowest BCUT2D eigenvalue weighted by Gasteiger charge is -2.20. The van der Waals surface area contributed by atoms with Crippen molar-refractivity contribution in [2.24, 2.45) is 7.05 Å². The number of aromatic nitrogens is 1. The van der Waals surface area contributed by atoms with Crippen molar-refractivity contribution in [3.05, 3.63) is 81.7 Å². The minimum atomic E-state index is -0.816. The molecule has 0 saturated heterocycles. The summed E-state index contributed by atoms with van der Waals surface area (Å²) in [6, 6.07) is 13.4. The predicted molar refractivity (Wildman–Crippen MR) is 127 cm³/mol. The number of carbonyl (C=O) groups excluding carboxylic acids is 2. The highest BCUT2D eigenvalue weighted by Crippen LogP contribution is 2.31. The van der Waals surface area contributed by atoms with E-state index < -0.39 is 23.6 Å². The van der Waals surface area contributed by atoms with Crippen molar-refractivity contribution in [2.45, 2.75) is 19.4 Å². The molecule has 3 rings (SSSR count). The molecular formula is C24H24ClN3O6. The summed E-state index contributed by atoms with van der Waals surface area (Å²) in [5.74, 6) is -0.0142. The lowest BCUT2D eigenvalue weighted by atomic mass is 10.0. The zero-order valence-corrected chi connectivity index (χ0v) is 19.3. The number of amides is 2. The van der Waals surface area contributed by atoms with E-state index in [1.807, 2.05) is 0 Å². The van der Waals surface area contributed by atoms with Crippen molar-refractivity contribution in [3.63, 3.8) is 0 Å². The van der Waals surface area contributed by atoms with Gasteiger partial charge in [-0.05, 0) is 42.8 Å². The van der Waals surface area contributed by atoms with Gasteiger partial charge in [-0.15, -0.1) is 0 Å². The number of halogens is 1. The van der Waals surface area contributed by atoms with E-state index in [-0.39, 0.29) is 24.5 Å². The summed E-state index contributed by atoms with van der Waals surface area (Å²) < 4.78 is 12.1. The Bertz CT molecular complexity index is 1240. The zero-order valence-electron chi connectivity index (χ0n) is 18.6. The number of hydrogen-bond acceptors (Lipinski definition) is 6. The fourth-order valence-electron chi connectivity index (χ4n) is 3.13. The molecule has 3 aromatic rings. The van der Waals surface area contributed by atoms with Crippen molar-refractivity contribution >= 4 is 29.3 Å². The van der Waals surface area contributed by atoms with Gasteiger partial charge < -0.3 is 29.8 Å². The first-order valence-electron chi connectivity index (χ1n) is 10.4. The summed E-state index contributed by atoms with van der Waals surface area (Å²) in [6.45, 7) is 1.86. The van der Waals surface area contributed by atoms with Crippen LogP contribution in [0.5, 0.6) is 17.2 Å². The Morgan fingerprint density at radius 3 is 2.65 bits per heavy atom. The van der Waals surface area contributed by atoms with E-state index >= 15 is 0 Å². The van der Waals surface area contributed by atoms with E-state index in [9.17, 15) is 19.5 Å². The van der Waals surface area contributed by atoms with E-state index in [2.05, 4.69) is 10.6 Å². The highest BCUT2D eigenvalue weighted by molar-refractivity contribution is 6.32. The van der Waals surface area contributed by atoms with Crippen molar-refractivity contribution < 1.29 is 24.2 Å². The van der Waals surface area contributed by atoms with E-state index in [0.29, 0.717) is 22.1 Å². The monoisotopic (exact) mass is 485 g/mol. The summed E-state index contributed by atoms with van der Waals surface area (Å²) in [5.41, 5.74) is -0.321. The molecule has 34 heavy (non-hydrogen) atoms. The van der Waals surface area contributed by atoms with Gasteiger partial charge in [0, 0.05) is 13.2 Å². The molecule has 10 heteroatoms. The average molecular weight is 486 g/mol. The maximum Gasteiger partial charge on any atom is 0.319 e. The van der Waals surface area contributed by atoms with Crippen molar-refractivity contribution in [2.75, 3.05) is 11.9 Å². The number of ether oxygens (including phenoxy) is 2. The van der Waals surface area contributed by atoms with Crippen LogP contribution in [0.15, 0.2) is 65.6 Å². The molecule has 0 saturated carbocycles. The molecule has 0 aliphatic heterocycles. The van der Waals surface area contributed by atoms with Crippen LogP contribution in [0.4, 0.5) is 10.5 Å². The third-order valence-corrected chi connectivity index (χ3v) is 5.10. The molecule has 2 aromatic carbocycles. The van der Waals surface area contributed by atoms with E-state index in [4.69, 9.17) is 21.1 Å². The molecule has 0 fully saturated rings. The summed E-state index contributed by atoms with van der Waals surface area (Å²) in [5, 5.41) is 15.4. The molecule has 1 heterocycles. The molecule has 3 N–H and O–H groups in total. The number of aryl methyl sites for hydroxylation is 1. The molecule has 0 aliphatic carbocycles. The summed E-state index contributed by atoms with van der Waals surface area (Å²) in [7, 11) is 1.49. The van der Waals surface area contributed by atoms with Gasteiger partial charge >= 0.3 is 12.0 Å². The Balaban J connectivity index is 1.84. The van der Waals surface area contributed by atoms with E-state index in [1.54, 1.807) is 55.5 Å². The first-order chi connectivity index (χ1) is 16.3. The zero-order chi connectivity index (χ0) is 24.7. The SMILES string of the molecule is CCOC(=O)C[C@H](NC(=O)Nc1c(O)ccn(C)c1=O)c1cccc(Oc2ccccc2Cl)c1. The lowest BCUT2D eigenvalue weighted by molar-refractivity contribution is -0.143. The van der Waals surface area contributed by atoms with Gasteiger partial charge in [0.2, 0.25) is 0 Å². The Hall–Kier alpha value is -3.98. The maximum absolute atomic E-state index is 12.7. The van der Waals surface area contributed by atoms with Crippen LogP contribution in [0.2, 0.25) is 5.02 Å². The highest BCUT2D eigenvalue weighted by atomic mass is 35.5. The molecule has 0 aliphatic rings. The number of carbonyl (C=O) groups is 2. The fourth-order valence-corrected chi connectivity index (χ4v) is 3.31. The van der Waals surface area contributed by atoms with Crippen LogP contribution >= 0.6 is 11.6 Å². The smallest absolute Gasteiger partial charge is 0.319 e. The molecule has 0 bridgehead atoms. The molecule has 0 unspecified atom stereocenters. The van der Waals surface area contributed by atoms with Crippen molar-refractivity contribution in [1.82, 2.24) is 9.88 Å². The Labute approximate surface area is 200 Å². The second-order valence-corrected chi connectivity index (χ2v) is 7.66. The Morgan fingerprint density at radius 2 is 1.91 bits per heavy atom. The van der Waals surface area contributed by atoms with Gasteiger partial charge in [0.1, 0.15) is 17.2 Å². The predicted octanol–water partition coefficient (Wildman–Crippen LogP) is 4.35. The molecule has 2 amide bonds. The topological polar surface area (TPSA) is 119 Å². The lowest BCUT2D eigenvalue weighted by Crippen LogP contribution is -2.36. The number of nitrogens with zero attached hydrogens (tertiary/aromatic N) is 1. The third kappa shape index (κ3) is 6.29. The highest BCUT2D eigenvalue weighted by Gasteiger charge is 2.21. The maximum atomic E-state index is 12.7. The van der Waals surface area contributed by atoms with Gasteiger partial charge in [0.05, 0.1) is 24.1 Å². The number of pyridine rings is 1. The number of para-hydroxylation sites is 1. The van der Waals surface area contributed by atoms with Crippen LogP contribution in [-0.2, 0) is 16.6 Å².